The maximum Gasteiger partial charge on any atom is -0.00990 e. The zero-order valence-electron chi connectivity index (χ0n) is 22.2. The minimum absolute atomic E-state index is 1.27. The summed E-state index contributed by atoms with van der Waals surface area (Å²) in [4.78, 5) is 0. The van der Waals surface area contributed by atoms with Crippen LogP contribution in [-0.4, -0.2) is 0 Å². The fraction of sp³-hybridized carbons (Fsp3) is 0. The molecule has 40 heavy (non-hydrogen) atoms. The molecule has 0 saturated heterocycles. The van der Waals surface area contributed by atoms with Crippen LogP contribution in [0.1, 0.15) is 22.3 Å². The molecular weight excluding hydrogens is 480 g/mol. The highest BCUT2D eigenvalue weighted by Crippen LogP contribution is 2.47. The van der Waals surface area contributed by atoms with Gasteiger partial charge in [0.1, 0.15) is 0 Å². The molecule has 0 saturated carbocycles. The molecule has 0 nitrogen and oxygen atoms in total. The predicted molar refractivity (Wildman–Crippen MR) is 172 cm³/mol. The predicted octanol–water partition coefficient (Wildman–Crippen LogP) is 11.0. The van der Waals surface area contributed by atoms with Gasteiger partial charge in [-0.15, -0.1) is 0 Å². The van der Waals surface area contributed by atoms with Crippen LogP contribution in [0.25, 0.3) is 68.8 Å². The topological polar surface area (TPSA) is 0 Å². The number of hydrogen-bond donors (Lipinski definition) is 0. The molecule has 2 aliphatic carbocycles. The summed E-state index contributed by atoms with van der Waals surface area (Å²) in [6.45, 7) is 0. The van der Waals surface area contributed by atoms with Crippen LogP contribution in [0.2, 0.25) is 0 Å². The van der Waals surface area contributed by atoms with Crippen LogP contribution in [0, 0.1) is 0 Å². The second-order valence-electron chi connectivity index (χ2n) is 10.1. The van der Waals surface area contributed by atoms with Crippen LogP contribution < -0.4 is 0 Å². The van der Waals surface area contributed by atoms with Crippen molar-refractivity contribution >= 4 is 24.3 Å². The van der Waals surface area contributed by atoms with Crippen molar-refractivity contribution in [1.29, 1.82) is 0 Å². The molecule has 0 aromatic heterocycles. The summed E-state index contributed by atoms with van der Waals surface area (Å²) in [5.74, 6) is 0. The van der Waals surface area contributed by atoms with Crippen molar-refractivity contribution in [3.63, 3.8) is 0 Å². The van der Waals surface area contributed by atoms with E-state index in [-0.39, 0.29) is 0 Å². The van der Waals surface area contributed by atoms with E-state index >= 15 is 0 Å². The molecule has 0 amide bonds. The van der Waals surface area contributed by atoms with Crippen molar-refractivity contribution in [1.82, 2.24) is 0 Å². The van der Waals surface area contributed by atoms with Crippen LogP contribution >= 0.6 is 0 Å². The van der Waals surface area contributed by atoms with Crippen LogP contribution in [-0.2, 0) is 0 Å². The van der Waals surface area contributed by atoms with E-state index in [0.717, 1.165) is 0 Å². The average molecular weight is 509 g/mol. The molecule has 6 aromatic rings. The van der Waals surface area contributed by atoms with Gasteiger partial charge in [0, 0.05) is 0 Å². The summed E-state index contributed by atoms with van der Waals surface area (Å²) in [5, 5.41) is 0. The summed E-state index contributed by atoms with van der Waals surface area (Å²) in [5.41, 5.74) is 15.5. The minimum atomic E-state index is 1.27. The Kier molecular flexibility index (Phi) is 6.28. The normalized spacial score (nSPS) is 12.6. The van der Waals surface area contributed by atoms with Gasteiger partial charge >= 0.3 is 0 Å². The molecule has 2 aliphatic rings. The molecule has 0 spiro atoms. The van der Waals surface area contributed by atoms with Crippen molar-refractivity contribution in [2.75, 3.05) is 0 Å². The second kappa shape index (κ2) is 10.5. The second-order valence-corrected chi connectivity index (χ2v) is 10.1. The van der Waals surface area contributed by atoms with Crippen molar-refractivity contribution in [2.45, 2.75) is 0 Å². The Morgan fingerprint density at radius 2 is 0.325 bits per heavy atom. The zero-order chi connectivity index (χ0) is 26.7. The Hall–Kier alpha value is -5.20. The smallest absolute Gasteiger partial charge is 0.00990 e. The van der Waals surface area contributed by atoms with E-state index in [0.29, 0.717) is 0 Å². The number of rotatable bonds is 0. The lowest BCUT2D eigenvalue weighted by Gasteiger charge is -2.22. The van der Waals surface area contributed by atoms with Gasteiger partial charge in [-0.25, -0.2) is 0 Å². The summed E-state index contributed by atoms with van der Waals surface area (Å²) >= 11 is 0. The van der Waals surface area contributed by atoms with E-state index in [1.54, 1.807) is 0 Å². The highest BCUT2D eigenvalue weighted by atomic mass is 14.2. The molecule has 0 atom stereocenters. The van der Waals surface area contributed by atoms with Gasteiger partial charge in [0.15, 0.2) is 0 Å². The first-order chi connectivity index (χ1) is 19.9. The lowest BCUT2D eigenvalue weighted by Crippen LogP contribution is -1.96. The summed E-state index contributed by atoms with van der Waals surface area (Å²) in [7, 11) is 0. The highest BCUT2D eigenvalue weighted by molar-refractivity contribution is 6.02. The van der Waals surface area contributed by atoms with Gasteiger partial charge in [-0.1, -0.05) is 170 Å². The first-order valence-corrected chi connectivity index (χ1v) is 13.8. The third kappa shape index (κ3) is 4.40. The Balaban J connectivity index is 0.000000144. The molecule has 0 N–H and O–H groups in total. The monoisotopic (exact) mass is 508 g/mol. The molecule has 188 valence electrons. The van der Waals surface area contributed by atoms with Crippen molar-refractivity contribution < 1.29 is 0 Å². The standard InChI is InChI=1S/C24H16.C16H12/c1-2-10-18-17(9-1)19-11-3-4-13-21(19)23-15-7-8-16-24(23)22-14-6-5-12-20(18)22;1-2-6-14-11-12-16-8-4-3-7-15(16)10-9-13(14)5-1/h1-16H;1-12H/b;10-9-,12-11?,13-9?,14-11?,15-10?,16-12?. The molecule has 0 unspecified atom stereocenters. The zero-order valence-corrected chi connectivity index (χ0v) is 22.2. The summed E-state index contributed by atoms with van der Waals surface area (Å²) in [6, 6.07) is 51.8. The molecule has 0 heteroatoms. The number of benzene rings is 6. The van der Waals surface area contributed by atoms with Crippen molar-refractivity contribution in [2.24, 2.45) is 0 Å². The van der Waals surface area contributed by atoms with E-state index < -0.39 is 0 Å². The van der Waals surface area contributed by atoms with Gasteiger partial charge < -0.3 is 0 Å². The Bertz CT molecular complexity index is 1510. The lowest BCUT2D eigenvalue weighted by molar-refractivity contribution is 1.52. The first kappa shape index (κ1) is 23.9. The molecule has 6 aromatic carbocycles. The van der Waals surface area contributed by atoms with Gasteiger partial charge in [0.05, 0.1) is 0 Å². The quantitative estimate of drug-likeness (QED) is 0.191. The van der Waals surface area contributed by atoms with Crippen LogP contribution in [0.5, 0.6) is 0 Å². The van der Waals surface area contributed by atoms with Crippen LogP contribution in [0.4, 0.5) is 0 Å². The van der Waals surface area contributed by atoms with Gasteiger partial charge in [0.25, 0.3) is 0 Å². The molecule has 0 aliphatic heterocycles. The maximum absolute atomic E-state index is 2.24. The average Bonchev–Trinajstić information content (AvgIpc) is 3.02. The fourth-order valence-corrected chi connectivity index (χ4v) is 5.80. The van der Waals surface area contributed by atoms with Gasteiger partial charge in [0.2, 0.25) is 0 Å². The fourth-order valence-electron chi connectivity index (χ4n) is 5.80. The third-order valence-electron chi connectivity index (χ3n) is 7.75. The van der Waals surface area contributed by atoms with E-state index in [4.69, 9.17) is 0 Å². The van der Waals surface area contributed by atoms with Crippen molar-refractivity contribution in [3.8, 4) is 44.5 Å². The third-order valence-corrected chi connectivity index (χ3v) is 7.75. The Labute approximate surface area is 236 Å². The minimum Gasteiger partial charge on any atom is -0.0616 e. The van der Waals surface area contributed by atoms with Gasteiger partial charge in [-0.2, -0.15) is 0 Å². The van der Waals surface area contributed by atoms with Gasteiger partial charge in [-0.05, 0) is 66.8 Å². The highest BCUT2D eigenvalue weighted by Gasteiger charge is 2.20. The number of hydrogen-bond acceptors (Lipinski definition) is 0. The molecule has 0 bridgehead atoms. The van der Waals surface area contributed by atoms with E-state index in [9.17, 15) is 0 Å². The maximum atomic E-state index is 2.24. The van der Waals surface area contributed by atoms with E-state index in [1.165, 1.54) is 66.8 Å². The number of fused-ring (bicyclic) bond motifs is 10. The van der Waals surface area contributed by atoms with Gasteiger partial charge in [-0.3, -0.25) is 0 Å². The van der Waals surface area contributed by atoms with Crippen LogP contribution in [0.3, 0.4) is 0 Å². The molecule has 0 heterocycles. The lowest BCUT2D eigenvalue weighted by atomic mass is 9.81. The SMILES string of the molecule is C1=Cc2ccccc2/C=C\c2ccccc21.c1ccc2c(c1)-c1ccccc1-c1ccccc1-c1ccccc1-2. The van der Waals surface area contributed by atoms with E-state index in [2.05, 4.69) is 170 Å². The molecule has 0 fully saturated rings. The largest absolute Gasteiger partial charge is 0.0616 e. The Morgan fingerprint density at radius 3 is 0.500 bits per heavy atom. The summed E-state index contributed by atoms with van der Waals surface area (Å²) < 4.78 is 0. The summed E-state index contributed by atoms with van der Waals surface area (Å²) in [6.07, 6.45) is 8.71. The van der Waals surface area contributed by atoms with Crippen molar-refractivity contribution in [3.05, 3.63) is 168 Å². The van der Waals surface area contributed by atoms with Crippen LogP contribution in [0.15, 0.2) is 146 Å². The molecular formula is C40H28. The molecule has 8 rings (SSSR count). The van der Waals surface area contributed by atoms with E-state index in [1.807, 2.05) is 0 Å². The Morgan fingerprint density at radius 1 is 0.175 bits per heavy atom. The molecule has 0 radical (unpaired) electrons. The first-order valence-electron chi connectivity index (χ1n) is 13.8.